The van der Waals surface area contributed by atoms with Crippen LogP contribution in [0.5, 0.6) is 0 Å². The highest BCUT2D eigenvalue weighted by atomic mass is 32.1. The van der Waals surface area contributed by atoms with E-state index in [2.05, 4.69) is 20.6 Å². The van der Waals surface area contributed by atoms with Gasteiger partial charge in [-0.25, -0.2) is 4.98 Å². The number of piperidine rings is 1. The number of thiazole rings is 1. The van der Waals surface area contributed by atoms with Crippen LogP contribution in [0, 0.1) is 0 Å². The molecule has 5 nitrogen and oxygen atoms in total. The largest absolute Gasteiger partial charge is 0.347 e. The van der Waals surface area contributed by atoms with Crippen LogP contribution in [0.3, 0.4) is 0 Å². The van der Waals surface area contributed by atoms with Gasteiger partial charge in [0, 0.05) is 30.5 Å². The zero-order chi connectivity index (χ0) is 13.8. The number of carbonyl (C=O) groups is 1. The van der Waals surface area contributed by atoms with Crippen molar-refractivity contribution < 1.29 is 4.79 Å². The smallest absolute Gasteiger partial charge is 0.263 e. The first-order chi connectivity index (χ1) is 9.83. The number of aromatic nitrogens is 2. The van der Waals surface area contributed by atoms with Gasteiger partial charge in [-0.2, -0.15) is 0 Å². The Morgan fingerprint density at radius 3 is 3.00 bits per heavy atom. The summed E-state index contributed by atoms with van der Waals surface area (Å²) in [5, 5.41) is 7.19. The lowest BCUT2D eigenvalue weighted by molar-refractivity contribution is 0.0934. The quantitative estimate of drug-likeness (QED) is 0.902. The molecule has 2 aromatic rings. The zero-order valence-corrected chi connectivity index (χ0v) is 11.8. The highest BCUT2D eigenvalue weighted by Gasteiger charge is 2.18. The summed E-state index contributed by atoms with van der Waals surface area (Å²) in [4.78, 5) is 21.1. The Labute approximate surface area is 121 Å². The molecular formula is C14H16N4OS. The van der Waals surface area contributed by atoms with E-state index in [-0.39, 0.29) is 11.9 Å². The van der Waals surface area contributed by atoms with Gasteiger partial charge in [-0.1, -0.05) is 0 Å². The first-order valence-corrected chi connectivity index (χ1v) is 7.52. The van der Waals surface area contributed by atoms with Gasteiger partial charge in [0.05, 0.1) is 6.20 Å². The molecule has 3 rings (SSSR count). The lowest BCUT2D eigenvalue weighted by Crippen LogP contribution is -2.45. The zero-order valence-electron chi connectivity index (χ0n) is 11.0. The minimum atomic E-state index is -0.0310. The van der Waals surface area contributed by atoms with Crippen molar-refractivity contribution in [3.8, 4) is 10.6 Å². The van der Waals surface area contributed by atoms with Crippen molar-refractivity contribution in [1.82, 2.24) is 20.6 Å². The van der Waals surface area contributed by atoms with Gasteiger partial charge in [-0.05, 0) is 31.5 Å². The average molecular weight is 288 g/mol. The van der Waals surface area contributed by atoms with E-state index < -0.39 is 0 Å². The summed E-state index contributed by atoms with van der Waals surface area (Å²) in [5.74, 6) is -0.0310. The molecule has 104 valence electrons. The fourth-order valence-corrected chi connectivity index (χ4v) is 3.06. The number of amides is 1. The maximum atomic E-state index is 12.2. The molecule has 2 N–H and O–H groups in total. The molecule has 1 amide bonds. The normalized spacial score (nSPS) is 18.7. The standard InChI is InChI=1S/C14H16N4OS/c19-13(18-11-2-1-5-16-8-11)12-9-17-14(20-12)10-3-6-15-7-4-10/h3-4,6-7,9,11,16H,1-2,5,8H2,(H,18,19)/t11-/m0/s1. The predicted octanol–water partition coefficient (Wildman–Crippen LogP) is 1.69. The van der Waals surface area contributed by atoms with Crippen molar-refractivity contribution in [2.24, 2.45) is 0 Å². The third-order valence-corrected chi connectivity index (χ3v) is 4.33. The van der Waals surface area contributed by atoms with Crippen molar-refractivity contribution in [2.45, 2.75) is 18.9 Å². The molecule has 0 bridgehead atoms. The van der Waals surface area contributed by atoms with Crippen molar-refractivity contribution >= 4 is 17.2 Å². The number of hydrogen-bond acceptors (Lipinski definition) is 5. The molecule has 0 aromatic carbocycles. The molecule has 1 fully saturated rings. The van der Waals surface area contributed by atoms with E-state index in [1.165, 1.54) is 11.3 Å². The molecule has 0 aliphatic carbocycles. The van der Waals surface area contributed by atoms with Crippen LogP contribution < -0.4 is 10.6 Å². The molecular weight excluding hydrogens is 272 g/mol. The van der Waals surface area contributed by atoms with Crippen molar-refractivity contribution in [2.75, 3.05) is 13.1 Å². The van der Waals surface area contributed by atoms with Crippen LogP contribution >= 0.6 is 11.3 Å². The molecule has 6 heteroatoms. The first-order valence-electron chi connectivity index (χ1n) is 6.71. The molecule has 0 saturated carbocycles. The van der Waals surface area contributed by atoms with Crippen LogP contribution in [0.25, 0.3) is 10.6 Å². The first kappa shape index (κ1) is 13.2. The number of pyridine rings is 1. The van der Waals surface area contributed by atoms with Crippen LogP contribution in [0.1, 0.15) is 22.5 Å². The van der Waals surface area contributed by atoms with E-state index in [4.69, 9.17) is 0 Å². The molecule has 0 radical (unpaired) electrons. The third kappa shape index (κ3) is 3.02. The monoisotopic (exact) mass is 288 g/mol. The van der Waals surface area contributed by atoms with Crippen molar-refractivity contribution in [3.05, 3.63) is 35.6 Å². The number of nitrogens with zero attached hydrogens (tertiary/aromatic N) is 2. The summed E-state index contributed by atoms with van der Waals surface area (Å²) in [6.45, 7) is 1.89. The molecule has 3 heterocycles. The second-order valence-electron chi connectivity index (χ2n) is 4.78. The van der Waals surface area contributed by atoms with E-state index >= 15 is 0 Å². The van der Waals surface area contributed by atoms with E-state index in [9.17, 15) is 4.79 Å². The molecule has 20 heavy (non-hydrogen) atoms. The van der Waals surface area contributed by atoms with E-state index in [0.717, 1.165) is 36.5 Å². The Morgan fingerprint density at radius 1 is 1.40 bits per heavy atom. The Balaban J connectivity index is 1.68. The van der Waals surface area contributed by atoms with Gasteiger partial charge in [-0.3, -0.25) is 9.78 Å². The summed E-state index contributed by atoms with van der Waals surface area (Å²) in [5.41, 5.74) is 0.989. The summed E-state index contributed by atoms with van der Waals surface area (Å²) in [7, 11) is 0. The van der Waals surface area contributed by atoms with Crippen molar-refractivity contribution in [3.63, 3.8) is 0 Å². The SMILES string of the molecule is O=C(N[C@H]1CCCNC1)c1cnc(-c2ccncc2)s1. The van der Waals surface area contributed by atoms with Crippen molar-refractivity contribution in [1.29, 1.82) is 0 Å². The Morgan fingerprint density at radius 2 is 2.25 bits per heavy atom. The number of nitrogens with one attached hydrogen (secondary N) is 2. The lowest BCUT2D eigenvalue weighted by atomic mass is 10.1. The Bertz CT molecular complexity index is 578. The molecule has 0 unspecified atom stereocenters. The second kappa shape index (κ2) is 6.11. The molecule has 1 saturated heterocycles. The summed E-state index contributed by atoms with van der Waals surface area (Å²) in [6.07, 6.45) is 7.24. The number of carbonyl (C=O) groups excluding carboxylic acids is 1. The van der Waals surface area contributed by atoms with Gasteiger partial charge < -0.3 is 10.6 Å². The van der Waals surface area contributed by atoms with Gasteiger partial charge in [0.25, 0.3) is 5.91 Å². The maximum absolute atomic E-state index is 12.2. The topological polar surface area (TPSA) is 66.9 Å². The van der Waals surface area contributed by atoms with Gasteiger partial charge >= 0.3 is 0 Å². The summed E-state index contributed by atoms with van der Waals surface area (Å²) < 4.78 is 0. The summed E-state index contributed by atoms with van der Waals surface area (Å²) >= 11 is 1.41. The van der Waals surface area contributed by atoms with Crippen LogP contribution in [-0.2, 0) is 0 Å². The number of hydrogen-bond donors (Lipinski definition) is 2. The fraction of sp³-hybridized carbons (Fsp3) is 0.357. The summed E-state index contributed by atoms with van der Waals surface area (Å²) in [6, 6.07) is 4.01. The fourth-order valence-electron chi connectivity index (χ4n) is 2.24. The molecule has 2 aromatic heterocycles. The van der Waals surface area contributed by atoms with Gasteiger partial charge in [0.2, 0.25) is 0 Å². The van der Waals surface area contributed by atoms with Crippen LogP contribution in [0.15, 0.2) is 30.7 Å². The Kier molecular flexibility index (Phi) is 4.03. The molecule has 1 aliphatic rings. The van der Waals surface area contributed by atoms with Crippen LogP contribution in [0.4, 0.5) is 0 Å². The van der Waals surface area contributed by atoms with E-state index in [0.29, 0.717) is 4.88 Å². The van der Waals surface area contributed by atoms with Crippen LogP contribution in [0.2, 0.25) is 0 Å². The molecule has 1 atom stereocenters. The Hall–Kier alpha value is -1.79. The third-order valence-electron chi connectivity index (χ3n) is 3.29. The molecule has 1 aliphatic heterocycles. The van der Waals surface area contributed by atoms with Gasteiger partial charge in [0.15, 0.2) is 0 Å². The maximum Gasteiger partial charge on any atom is 0.263 e. The highest BCUT2D eigenvalue weighted by Crippen LogP contribution is 2.24. The minimum Gasteiger partial charge on any atom is -0.347 e. The highest BCUT2D eigenvalue weighted by molar-refractivity contribution is 7.16. The van der Waals surface area contributed by atoms with Gasteiger partial charge in [-0.15, -0.1) is 11.3 Å². The van der Waals surface area contributed by atoms with Gasteiger partial charge in [0.1, 0.15) is 9.88 Å². The molecule has 0 spiro atoms. The van der Waals surface area contributed by atoms with E-state index in [1.54, 1.807) is 18.6 Å². The average Bonchev–Trinajstić information content (AvgIpc) is 2.99. The second-order valence-corrected chi connectivity index (χ2v) is 5.81. The minimum absolute atomic E-state index is 0.0310. The lowest BCUT2D eigenvalue weighted by Gasteiger charge is -2.23. The predicted molar refractivity (Wildman–Crippen MR) is 78.7 cm³/mol. The van der Waals surface area contributed by atoms with E-state index in [1.807, 2.05) is 12.1 Å². The van der Waals surface area contributed by atoms with Crippen LogP contribution in [-0.4, -0.2) is 35.0 Å². The number of rotatable bonds is 3.